The normalized spacial score (nSPS) is 11.4. The molecular formula is C21H15ClN6O. The van der Waals surface area contributed by atoms with E-state index in [9.17, 15) is 4.79 Å². The highest BCUT2D eigenvalue weighted by molar-refractivity contribution is 6.30. The fourth-order valence-electron chi connectivity index (χ4n) is 3.46. The molecule has 0 saturated heterocycles. The molecule has 5 rings (SSSR count). The summed E-state index contributed by atoms with van der Waals surface area (Å²) in [5, 5.41) is 13.9. The molecule has 0 aliphatic heterocycles. The maximum absolute atomic E-state index is 13.0. The summed E-state index contributed by atoms with van der Waals surface area (Å²) >= 11 is 6.01. The second kappa shape index (κ2) is 6.79. The third kappa shape index (κ3) is 2.96. The van der Waals surface area contributed by atoms with Crippen molar-refractivity contribution < 1.29 is 0 Å². The zero-order chi connectivity index (χ0) is 20.0. The Morgan fingerprint density at radius 2 is 1.90 bits per heavy atom. The maximum atomic E-state index is 13.0. The lowest BCUT2D eigenvalue weighted by Gasteiger charge is -2.07. The van der Waals surface area contributed by atoms with Crippen molar-refractivity contribution in [1.82, 2.24) is 29.4 Å². The first-order valence-electron chi connectivity index (χ1n) is 9.02. The van der Waals surface area contributed by atoms with Gasteiger partial charge in [-0.3, -0.25) is 9.78 Å². The average Bonchev–Trinajstić information content (AvgIpc) is 3.08. The van der Waals surface area contributed by atoms with Crippen LogP contribution in [-0.4, -0.2) is 29.4 Å². The molecule has 4 heterocycles. The van der Waals surface area contributed by atoms with Crippen molar-refractivity contribution in [3.05, 3.63) is 87.7 Å². The highest BCUT2D eigenvalue weighted by Crippen LogP contribution is 2.28. The van der Waals surface area contributed by atoms with Crippen molar-refractivity contribution in [2.24, 2.45) is 0 Å². The predicted molar refractivity (Wildman–Crippen MR) is 111 cm³/mol. The van der Waals surface area contributed by atoms with Gasteiger partial charge in [0.25, 0.3) is 5.56 Å². The summed E-state index contributed by atoms with van der Waals surface area (Å²) in [7, 11) is 0. The van der Waals surface area contributed by atoms with E-state index in [-0.39, 0.29) is 11.1 Å². The molecule has 8 heteroatoms. The van der Waals surface area contributed by atoms with Gasteiger partial charge in [-0.05, 0) is 42.3 Å². The first kappa shape index (κ1) is 17.5. The van der Waals surface area contributed by atoms with Gasteiger partial charge in [0.15, 0.2) is 11.2 Å². The fourth-order valence-corrected chi connectivity index (χ4v) is 3.58. The molecule has 0 fully saturated rings. The Kier molecular flexibility index (Phi) is 4.10. The molecule has 4 aromatic heterocycles. The SMILES string of the molecule is Cc1nn2c(nnc3c(=O)n(Cc4cccnc4)ccc32)c1-c1ccc(Cl)cc1. The second-order valence-corrected chi connectivity index (χ2v) is 7.18. The van der Waals surface area contributed by atoms with E-state index in [0.717, 1.165) is 22.4 Å². The molecule has 0 spiro atoms. The molecule has 0 atom stereocenters. The Morgan fingerprint density at radius 3 is 2.66 bits per heavy atom. The van der Waals surface area contributed by atoms with Gasteiger partial charge in [0.2, 0.25) is 0 Å². The molecule has 0 saturated carbocycles. The Labute approximate surface area is 170 Å². The smallest absolute Gasteiger partial charge is 0.280 e. The van der Waals surface area contributed by atoms with Gasteiger partial charge in [0.05, 0.1) is 17.8 Å². The zero-order valence-electron chi connectivity index (χ0n) is 15.5. The van der Waals surface area contributed by atoms with Crippen LogP contribution in [0.2, 0.25) is 5.02 Å². The average molecular weight is 403 g/mol. The summed E-state index contributed by atoms with van der Waals surface area (Å²) in [5.74, 6) is 0. The summed E-state index contributed by atoms with van der Waals surface area (Å²) < 4.78 is 3.27. The van der Waals surface area contributed by atoms with Crippen LogP contribution in [0.3, 0.4) is 0 Å². The number of fused-ring (bicyclic) bond motifs is 3. The molecule has 0 bridgehead atoms. The summed E-state index contributed by atoms with van der Waals surface area (Å²) in [5.41, 5.74) is 4.82. The number of hydrogen-bond acceptors (Lipinski definition) is 5. The Bertz CT molecular complexity index is 1410. The van der Waals surface area contributed by atoms with Crippen LogP contribution in [0.15, 0.2) is 65.8 Å². The van der Waals surface area contributed by atoms with Crippen molar-refractivity contribution in [3.63, 3.8) is 0 Å². The summed E-state index contributed by atoms with van der Waals surface area (Å²) in [6.07, 6.45) is 5.19. The highest BCUT2D eigenvalue weighted by atomic mass is 35.5. The number of aryl methyl sites for hydroxylation is 1. The molecule has 0 amide bonds. The minimum absolute atomic E-state index is 0.220. The van der Waals surface area contributed by atoms with Gasteiger partial charge in [-0.25, -0.2) is 4.52 Å². The molecule has 142 valence electrons. The van der Waals surface area contributed by atoms with Gasteiger partial charge in [-0.2, -0.15) is 5.10 Å². The number of benzene rings is 1. The maximum Gasteiger partial charge on any atom is 0.280 e. The largest absolute Gasteiger partial charge is 0.309 e. The molecule has 5 aromatic rings. The molecule has 0 N–H and O–H groups in total. The van der Waals surface area contributed by atoms with Crippen LogP contribution >= 0.6 is 11.6 Å². The molecule has 0 aliphatic carbocycles. The van der Waals surface area contributed by atoms with E-state index in [4.69, 9.17) is 11.6 Å². The van der Waals surface area contributed by atoms with E-state index in [1.54, 1.807) is 27.7 Å². The van der Waals surface area contributed by atoms with E-state index in [0.29, 0.717) is 22.7 Å². The van der Waals surface area contributed by atoms with Crippen molar-refractivity contribution in [3.8, 4) is 11.1 Å². The molecule has 29 heavy (non-hydrogen) atoms. The first-order valence-corrected chi connectivity index (χ1v) is 9.39. The first-order chi connectivity index (χ1) is 14.1. The lowest BCUT2D eigenvalue weighted by Crippen LogP contribution is -2.22. The van der Waals surface area contributed by atoms with Crippen LogP contribution < -0.4 is 5.56 Å². The lowest BCUT2D eigenvalue weighted by atomic mass is 10.1. The van der Waals surface area contributed by atoms with Gasteiger partial charge in [-0.15, -0.1) is 10.2 Å². The zero-order valence-corrected chi connectivity index (χ0v) is 16.2. The standard InChI is InChI=1S/C21H15ClN6O/c1-13-18(15-4-6-16(22)7-5-15)20-25-24-19-17(28(20)26-13)8-10-27(21(19)29)12-14-3-2-9-23-11-14/h2-11H,12H2,1H3. The van der Waals surface area contributed by atoms with Gasteiger partial charge in [0, 0.05) is 23.6 Å². The van der Waals surface area contributed by atoms with Crippen LogP contribution in [0.4, 0.5) is 0 Å². The minimum Gasteiger partial charge on any atom is -0.309 e. The van der Waals surface area contributed by atoms with Crippen molar-refractivity contribution in [1.29, 1.82) is 0 Å². The third-order valence-corrected chi connectivity index (χ3v) is 5.09. The van der Waals surface area contributed by atoms with E-state index < -0.39 is 0 Å². The molecule has 0 radical (unpaired) electrons. The van der Waals surface area contributed by atoms with Crippen molar-refractivity contribution in [2.45, 2.75) is 13.5 Å². The Balaban J connectivity index is 1.68. The van der Waals surface area contributed by atoms with Crippen molar-refractivity contribution in [2.75, 3.05) is 0 Å². The van der Waals surface area contributed by atoms with E-state index in [2.05, 4.69) is 20.3 Å². The summed E-state index contributed by atoms with van der Waals surface area (Å²) in [6, 6.07) is 13.1. The monoisotopic (exact) mass is 402 g/mol. The second-order valence-electron chi connectivity index (χ2n) is 6.75. The van der Waals surface area contributed by atoms with Crippen LogP contribution in [-0.2, 0) is 6.54 Å². The minimum atomic E-state index is -0.220. The van der Waals surface area contributed by atoms with Crippen LogP contribution in [0.5, 0.6) is 0 Å². The Hall–Kier alpha value is -3.58. The predicted octanol–water partition coefficient (Wildman–Crippen LogP) is 3.51. The summed E-state index contributed by atoms with van der Waals surface area (Å²) in [6.45, 7) is 2.32. The third-order valence-electron chi connectivity index (χ3n) is 4.84. The Morgan fingerprint density at radius 1 is 1.07 bits per heavy atom. The molecule has 0 unspecified atom stereocenters. The summed E-state index contributed by atoms with van der Waals surface area (Å²) in [4.78, 5) is 17.1. The molecule has 7 nitrogen and oxygen atoms in total. The van der Waals surface area contributed by atoms with Crippen LogP contribution in [0, 0.1) is 6.92 Å². The number of aromatic nitrogens is 6. The van der Waals surface area contributed by atoms with Gasteiger partial charge < -0.3 is 4.57 Å². The molecular weight excluding hydrogens is 388 g/mol. The number of pyridine rings is 2. The van der Waals surface area contributed by atoms with E-state index in [1.807, 2.05) is 49.4 Å². The van der Waals surface area contributed by atoms with Crippen LogP contribution in [0.25, 0.3) is 27.8 Å². The van der Waals surface area contributed by atoms with Gasteiger partial charge in [-0.1, -0.05) is 29.8 Å². The van der Waals surface area contributed by atoms with Gasteiger partial charge in [0.1, 0.15) is 5.52 Å². The number of hydrogen-bond donors (Lipinski definition) is 0. The van der Waals surface area contributed by atoms with Gasteiger partial charge >= 0.3 is 0 Å². The lowest BCUT2D eigenvalue weighted by molar-refractivity contribution is 0.757. The number of nitrogens with zero attached hydrogens (tertiary/aromatic N) is 6. The number of halogens is 1. The van der Waals surface area contributed by atoms with E-state index in [1.165, 1.54) is 0 Å². The van der Waals surface area contributed by atoms with E-state index >= 15 is 0 Å². The fraction of sp³-hybridized carbons (Fsp3) is 0.0952. The number of rotatable bonds is 3. The molecule has 0 aliphatic rings. The quantitative estimate of drug-likeness (QED) is 0.461. The molecule has 1 aromatic carbocycles. The van der Waals surface area contributed by atoms with Crippen LogP contribution in [0.1, 0.15) is 11.3 Å². The van der Waals surface area contributed by atoms with Crippen molar-refractivity contribution >= 4 is 28.3 Å². The topological polar surface area (TPSA) is 78.0 Å². The highest BCUT2D eigenvalue weighted by Gasteiger charge is 2.17.